The summed E-state index contributed by atoms with van der Waals surface area (Å²) in [5.74, 6) is 0. The Morgan fingerprint density at radius 2 is 1.95 bits per heavy atom. The Labute approximate surface area is 118 Å². The number of nitrogens with zero attached hydrogens (tertiary/aromatic N) is 1. The largest absolute Gasteiger partial charge is 0.378 e. The van der Waals surface area contributed by atoms with Gasteiger partial charge in [-0.2, -0.15) is 0 Å². The van der Waals surface area contributed by atoms with Gasteiger partial charge in [-0.25, -0.2) is 4.98 Å². The van der Waals surface area contributed by atoms with Crippen molar-refractivity contribution in [1.82, 2.24) is 4.98 Å². The summed E-state index contributed by atoms with van der Waals surface area (Å²) in [6.45, 7) is 0.612. The van der Waals surface area contributed by atoms with E-state index in [4.69, 9.17) is 9.72 Å². The normalized spacial score (nSPS) is 17.7. The lowest BCUT2D eigenvalue weighted by atomic mass is 9.79. The quantitative estimate of drug-likeness (QED) is 0.835. The minimum absolute atomic E-state index is 0.151. The minimum atomic E-state index is 0.151. The van der Waals surface area contributed by atoms with Crippen molar-refractivity contribution in [2.24, 2.45) is 0 Å². The fourth-order valence-electron chi connectivity index (χ4n) is 3.10. The molecule has 3 rings (SSSR count). The molecule has 0 aliphatic heterocycles. The van der Waals surface area contributed by atoms with Gasteiger partial charge in [-0.15, -0.1) is 11.3 Å². The molecule has 1 aromatic carbocycles. The predicted molar refractivity (Wildman–Crippen MR) is 78.5 cm³/mol. The van der Waals surface area contributed by atoms with Gasteiger partial charge in [0, 0.05) is 17.9 Å². The minimum Gasteiger partial charge on any atom is -0.378 e. The number of benzene rings is 1. The Balaban J connectivity index is 2.00. The highest BCUT2D eigenvalue weighted by molar-refractivity contribution is 7.09. The van der Waals surface area contributed by atoms with Crippen molar-refractivity contribution in [3.05, 3.63) is 52.0 Å². The second-order valence-corrected chi connectivity index (χ2v) is 6.09. The van der Waals surface area contributed by atoms with Gasteiger partial charge in [-0.05, 0) is 18.4 Å². The first-order valence-corrected chi connectivity index (χ1v) is 7.72. The Morgan fingerprint density at radius 1 is 1.21 bits per heavy atom. The molecule has 0 radical (unpaired) electrons. The van der Waals surface area contributed by atoms with E-state index in [0.717, 1.165) is 5.69 Å². The molecule has 1 fully saturated rings. The lowest BCUT2D eigenvalue weighted by Crippen LogP contribution is -2.23. The van der Waals surface area contributed by atoms with Crippen molar-refractivity contribution < 1.29 is 4.74 Å². The smallest absolute Gasteiger partial charge is 0.103 e. The van der Waals surface area contributed by atoms with Gasteiger partial charge >= 0.3 is 0 Å². The number of hydrogen-bond acceptors (Lipinski definition) is 3. The number of rotatable bonds is 4. The molecule has 2 aromatic rings. The third kappa shape index (κ3) is 2.33. The Kier molecular flexibility index (Phi) is 3.67. The van der Waals surface area contributed by atoms with Crippen LogP contribution in [0, 0.1) is 0 Å². The van der Waals surface area contributed by atoms with Gasteiger partial charge in [0.1, 0.15) is 5.01 Å². The second kappa shape index (κ2) is 5.43. The lowest BCUT2D eigenvalue weighted by Gasteiger charge is -2.27. The highest BCUT2D eigenvalue weighted by Crippen LogP contribution is 2.47. The summed E-state index contributed by atoms with van der Waals surface area (Å²) in [7, 11) is 1.72. The highest BCUT2D eigenvalue weighted by atomic mass is 32.1. The number of methoxy groups -OCH3 is 1. The van der Waals surface area contributed by atoms with E-state index < -0.39 is 0 Å². The van der Waals surface area contributed by atoms with Gasteiger partial charge < -0.3 is 4.74 Å². The van der Waals surface area contributed by atoms with Crippen molar-refractivity contribution in [2.75, 3.05) is 7.11 Å². The van der Waals surface area contributed by atoms with Crippen molar-refractivity contribution >= 4 is 11.3 Å². The molecule has 0 N–H and O–H groups in total. The third-order valence-electron chi connectivity index (χ3n) is 4.04. The zero-order valence-electron chi connectivity index (χ0n) is 11.3. The van der Waals surface area contributed by atoms with Crippen LogP contribution in [-0.4, -0.2) is 12.1 Å². The molecule has 0 spiro atoms. The standard InChI is InChI=1S/C16H19NOS/c1-18-11-14-12-19-15(17-14)16(9-5-6-10-16)13-7-3-2-4-8-13/h2-4,7-8,12H,5-6,9-11H2,1H3. The van der Waals surface area contributed by atoms with Gasteiger partial charge in [0.25, 0.3) is 0 Å². The molecule has 0 atom stereocenters. The van der Waals surface area contributed by atoms with E-state index in [0.29, 0.717) is 6.61 Å². The van der Waals surface area contributed by atoms with Crippen LogP contribution in [0.5, 0.6) is 0 Å². The van der Waals surface area contributed by atoms with Gasteiger partial charge in [0.2, 0.25) is 0 Å². The Morgan fingerprint density at radius 3 is 2.63 bits per heavy atom. The van der Waals surface area contributed by atoms with E-state index in [2.05, 4.69) is 35.7 Å². The molecule has 1 aliphatic carbocycles. The van der Waals surface area contributed by atoms with E-state index >= 15 is 0 Å². The average Bonchev–Trinajstić information content (AvgIpc) is 3.09. The van der Waals surface area contributed by atoms with Crippen LogP contribution < -0.4 is 0 Å². The van der Waals surface area contributed by atoms with Crippen LogP contribution in [-0.2, 0) is 16.8 Å². The summed E-state index contributed by atoms with van der Waals surface area (Å²) in [5, 5.41) is 3.41. The molecule has 1 aromatic heterocycles. The number of thiazole rings is 1. The zero-order chi connectivity index (χ0) is 13.1. The molecule has 19 heavy (non-hydrogen) atoms. The molecule has 1 saturated carbocycles. The fraction of sp³-hybridized carbons (Fsp3) is 0.438. The Bertz CT molecular complexity index is 529. The van der Waals surface area contributed by atoms with Crippen LogP contribution in [0.25, 0.3) is 0 Å². The molecule has 0 unspecified atom stereocenters. The summed E-state index contributed by atoms with van der Waals surface area (Å²) in [4.78, 5) is 4.82. The van der Waals surface area contributed by atoms with Gasteiger partial charge in [-0.1, -0.05) is 43.2 Å². The maximum Gasteiger partial charge on any atom is 0.103 e. The van der Waals surface area contributed by atoms with Crippen LogP contribution in [0.2, 0.25) is 0 Å². The van der Waals surface area contributed by atoms with E-state index in [9.17, 15) is 0 Å². The first-order chi connectivity index (χ1) is 9.35. The van der Waals surface area contributed by atoms with Crippen LogP contribution in [0.4, 0.5) is 0 Å². The molecule has 2 nitrogen and oxygen atoms in total. The van der Waals surface area contributed by atoms with Crippen LogP contribution >= 0.6 is 11.3 Å². The van der Waals surface area contributed by atoms with Gasteiger partial charge in [-0.3, -0.25) is 0 Å². The van der Waals surface area contributed by atoms with Gasteiger partial charge in [0.05, 0.1) is 12.3 Å². The molecular weight excluding hydrogens is 254 g/mol. The predicted octanol–water partition coefficient (Wildman–Crippen LogP) is 4.15. The molecule has 0 bridgehead atoms. The van der Waals surface area contributed by atoms with Crippen molar-refractivity contribution in [2.45, 2.75) is 37.7 Å². The zero-order valence-corrected chi connectivity index (χ0v) is 12.1. The first-order valence-electron chi connectivity index (χ1n) is 6.84. The lowest BCUT2D eigenvalue weighted by molar-refractivity contribution is 0.181. The SMILES string of the molecule is COCc1csc(C2(c3ccccc3)CCCC2)n1. The summed E-state index contributed by atoms with van der Waals surface area (Å²) in [5.41, 5.74) is 2.63. The monoisotopic (exact) mass is 273 g/mol. The maximum atomic E-state index is 5.19. The summed E-state index contributed by atoms with van der Waals surface area (Å²) in [6, 6.07) is 10.9. The third-order valence-corrected chi connectivity index (χ3v) is 5.13. The molecule has 0 amide bonds. The van der Waals surface area contributed by atoms with E-state index in [1.165, 1.54) is 36.3 Å². The van der Waals surface area contributed by atoms with Crippen molar-refractivity contribution in [1.29, 1.82) is 0 Å². The van der Waals surface area contributed by atoms with E-state index in [1.54, 1.807) is 18.4 Å². The maximum absolute atomic E-state index is 5.19. The summed E-state index contributed by atoms with van der Waals surface area (Å²) in [6.07, 6.45) is 5.04. The van der Waals surface area contributed by atoms with Crippen LogP contribution in [0.1, 0.15) is 41.9 Å². The molecule has 100 valence electrons. The first kappa shape index (κ1) is 12.8. The van der Waals surface area contributed by atoms with Crippen LogP contribution in [0.15, 0.2) is 35.7 Å². The molecule has 0 saturated heterocycles. The Hall–Kier alpha value is -1.19. The molecule has 1 aliphatic rings. The fourth-order valence-corrected chi connectivity index (χ4v) is 4.19. The van der Waals surface area contributed by atoms with Crippen LogP contribution in [0.3, 0.4) is 0 Å². The van der Waals surface area contributed by atoms with Crippen molar-refractivity contribution in [3.63, 3.8) is 0 Å². The molecule has 3 heteroatoms. The highest BCUT2D eigenvalue weighted by Gasteiger charge is 2.39. The molecular formula is C16H19NOS. The molecule has 1 heterocycles. The van der Waals surface area contributed by atoms with Crippen molar-refractivity contribution in [3.8, 4) is 0 Å². The second-order valence-electron chi connectivity index (χ2n) is 5.23. The van der Waals surface area contributed by atoms with E-state index in [1.807, 2.05) is 0 Å². The van der Waals surface area contributed by atoms with E-state index in [-0.39, 0.29) is 5.41 Å². The average molecular weight is 273 g/mol. The van der Waals surface area contributed by atoms with Gasteiger partial charge in [0.15, 0.2) is 0 Å². The summed E-state index contributed by atoms with van der Waals surface area (Å²) >= 11 is 1.79. The topological polar surface area (TPSA) is 22.1 Å². The number of aromatic nitrogens is 1. The number of ether oxygens (including phenoxy) is 1. The summed E-state index contributed by atoms with van der Waals surface area (Å²) < 4.78 is 5.19. The number of hydrogen-bond donors (Lipinski definition) is 0.